The molecule has 2 fully saturated rings. The molecule has 4 aromatic heterocycles. The monoisotopic (exact) mass is 706 g/mol. The maximum Gasteiger partial charge on any atom is 0.472 e. The van der Waals surface area contributed by atoms with E-state index in [9.17, 15) is 43.6 Å². The van der Waals surface area contributed by atoms with Gasteiger partial charge in [-0.05, 0) is 0 Å². The second-order valence-electron chi connectivity index (χ2n) is 10.6. The molecule has 0 bridgehead atoms. The van der Waals surface area contributed by atoms with E-state index in [2.05, 4.69) is 34.4 Å². The predicted molar refractivity (Wildman–Crippen MR) is 153 cm³/mol. The van der Waals surface area contributed by atoms with Crippen molar-refractivity contribution in [1.82, 2.24) is 39.0 Å². The van der Waals surface area contributed by atoms with Crippen LogP contribution in [0.3, 0.4) is 0 Å². The molecule has 11 N–H and O–H groups in total. The number of aliphatic hydroxyl groups is 2. The maximum absolute atomic E-state index is 13.1. The number of nitrogens with two attached hydrogens (primary N) is 2. The third kappa shape index (κ3) is 6.46. The SMILES string of the molecule is C[C@H]1[C@@H](O)[C@H](n2cnc3c(=O)[nH]c(N)nc32)O[C@@H]1COP(=O)(O)O[C@@H]1C(COP(=O)(O)O)O[C@@H](n2cnc3c(=O)[nH]c(N)nc32)[C@@H]1O. The quantitative estimate of drug-likeness (QED) is 0.0751. The molecule has 0 aliphatic carbocycles. The zero-order valence-electron chi connectivity index (χ0n) is 23.8. The largest absolute Gasteiger partial charge is 0.472 e. The Morgan fingerprint density at radius 3 is 1.87 bits per heavy atom. The third-order valence-electron chi connectivity index (χ3n) is 7.55. The van der Waals surface area contributed by atoms with E-state index in [1.165, 1.54) is 10.9 Å². The highest BCUT2D eigenvalue weighted by Gasteiger charge is 2.51. The number of aromatic nitrogens is 8. The second-order valence-corrected chi connectivity index (χ2v) is 13.3. The fourth-order valence-electron chi connectivity index (χ4n) is 5.28. The Kier molecular flexibility index (Phi) is 8.57. The number of ether oxygens (including phenoxy) is 2. The lowest BCUT2D eigenvalue weighted by atomic mass is 10.0. The van der Waals surface area contributed by atoms with Gasteiger partial charge in [0, 0.05) is 5.92 Å². The zero-order valence-corrected chi connectivity index (χ0v) is 25.6. The number of fused-ring (bicyclic) bond motifs is 2. The van der Waals surface area contributed by atoms with Crippen LogP contribution in [0.25, 0.3) is 22.3 Å². The summed E-state index contributed by atoms with van der Waals surface area (Å²) >= 11 is 0. The van der Waals surface area contributed by atoms with E-state index >= 15 is 0 Å². The van der Waals surface area contributed by atoms with Crippen LogP contribution in [0.15, 0.2) is 22.2 Å². The summed E-state index contributed by atoms with van der Waals surface area (Å²) in [6, 6.07) is 0. The van der Waals surface area contributed by atoms with Gasteiger partial charge in [-0.3, -0.25) is 42.3 Å². The van der Waals surface area contributed by atoms with Crippen molar-refractivity contribution in [3.05, 3.63) is 33.4 Å². The molecule has 6 heterocycles. The molecule has 2 unspecified atom stereocenters. The first kappa shape index (κ1) is 33.3. The van der Waals surface area contributed by atoms with E-state index in [0.717, 1.165) is 10.9 Å². The fraction of sp³-hybridized carbons (Fsp3) is 0.524. The first-order chi connectivity index (χ1) is 22.0. The number of nitrogens with zero attached hydrogens (tertiary/aromatic N) is 6. The van der Waals surface area contributed by atoms with Crippen molar-refractivity contribution in [1.29, 1.82) is 0 Å². The standard InChI is InChI=1S/C21H28N10O14P2/c1-6-7(43-18(11(6)32)30-4-24-9-14(30)26-20(22)28-16(9)34)2-42-47(39,40)45-13-8(3-41-46(36,37)38)44-19(12(13)33)31-5-25-10-15(31)27-21(23)29-17(10)35/h4-8,11-13,18-19,32-33H,2-3H2,1H3,(H,39,40)(H2,36,37,38)(H3,22,26,28,34)(H3,23,27,29,35)/t6-,7-,8?,11-,12-,13-,18-,19-/m1/s1. The smallest absolute Gasteiger partial charge is 0.388 e. The molecule has 2 aliphatic heterocycles. The summed E-state index contributed by atoms with van der Waals surface area (Å²) in [7, 11) is -10.2. The van der Waals surface area contributed by atoms with Crippen molar-refractivity contribution in [3.63, 3.8) is 0 Å². The van der Waals surface area contributed by atoms with Crippen LogP contribution < -0.4 is 22.6 Å². The van der Waals surface area contributed by atoms with Gasteiger partial charge in [0.2, 0.25) is 11.9 Å². The van der Waals surface area contributed by atoms with Crippen molar-refractivity contribution in [2.45, 2.75) is 49.9 Å². The zero-order chi connectivity index (χ0) is 34.0. The summed E-state index contributed by atoms with van der Waals surface area (Å²) in [6.45, 7) is -0.00614. The van der Waals surface area contributed by atoms with E-state index < -0.39 is 88.9 Å². The van der Waals surface area contributed by atoms with Crippen LogP contribution in [0.1, 0.15) is 19.4 Å². The number of aliphatic hydroxyl groups excluding tert-OH is 2. The number of H-pyrrole nitrogens is 2. The summed E-state index contributed by atoms with van der Waals surface area (Å²) in [5.74, 6) is -1.23. The number of phosphoric ester groups is 2. The van der Waals surface area contributed by atoms with Crippen LogP contribution in [0, 0.1) is 5.92 Å². The lowest BCUT2D eigenvalue weighted by molar-refractivity contribution is -0.0561. The molecule has 0 aromatic carbocycles. The number of hydrogen-bond acceptors (Lipinski definition) is 17. The predicted octanol–water partition coefficient (Wildman–Crippen LogP) is -2.82. The van der Waals surface area contributed by atoms with Crippen LogP contribution in [-0.2, 0) is 32.2 Å². The fourth-order valence-corrected chi connectivity index (χ4v) is 6.58. The minimum absolute atomic E-state index is 0.0155. The van der Waals surface area contributed by atoms with Crippen molar-refractivity contribution in [3.8, 4) is 0 Å². The number of hydrogen-bond donors (Lipinski definition) is 9. The highest BCUT2D eigenvalue weighted by atomic mass is 31.2. The summed E-state index contributed by atoms with van der Waals surface area (Å²) in [6.07, 6.45) is -7.94. The average Bonchev–Trinajstić information content (AvgIpc) is 3.72. The highest BCUT2D eigenvalue weighted by molar-refractivity contribution is 7.47. The van der Waals surface area contributed by atoms with E-state index in [4.69, 9.17) is 30.0 Å². The Morgan fingerprint density at radius 1 is 0.851 bits per heavy atom. The number of aromatic amines is 2. The Labute approximate surface area is 260 Å². The molecule has 24 nitrogen and oxygen atoms in total. The molecule has 0 radical (unpaired) electrons. The molecular weight excluding hydrogens is 678 g/mol. The highest BCUT2D eigenvalue weighted by Crippen LogP contribution is 2.50. The lowest BCUT2D eigenvalue weighted by Crippen LogP contribution is -2.36. The Morgan fingerprint density at radius 2 is 1.34 bits per heavy atom. The molecule has 0 saturated carbocycles. The van der Waals surface area contributed by atoms with Gasteiger partial charge in [0.1, 0.15) is 24.4 Å². The van der Waals surface area contributed by atoms with Gasteiger partial charge >= 0.3 is 15.6 Å². The summed E-state index contributed by atoms with van der Waals surface area (Å²) in [5.41, 5.74) is 9.51. The molecule has 256 valence electrons. The second kappa shape index (κ2) is 12.1. The molecule has 26 heteroatoms. The molecule has 9 atom stereocenters. The van der Waals surface area contributed by atoms with E-state index in [0.29, 0.717) is 0 Å². The normalized spacial score (nSPS) is 29.6. The Balaban J connectivity index is 1.19. The molecule has 2 saturated heterocycles. The van der Waals surface area contributed by atoms with Gasteiger partial charge in [-0.1, -0.05) is 6.92 Å². The van der Waals surface area contributed by atoms with Gasteiger partial charge in [0.15, 0.2) is 34.8 Å². The number of rotatable bonds is 10. The number of nitrogen functional groups attached to an aromatic ring is 2. The van der Waals surface area contributed by atoms with Crippen LogP contribution >= 0.6 is 15.6 Å². The van der Waals surface area contributed by atoms with Crippen molar-refractivity contribution < 1.29 is 57.1 Å². The first-order valence-electron chi connectivity index (χ1n) is 13.5. The van der Waals surface area contributed by atoms with Crippen LogP contribution in [-0.4, -0.2) is 108 Å². The van der Waals surface area contributed by atoms with E-state index in [1.54, 1.807) is 6.92 Å². The van der Waals surface area contributed by atoms with Gasteiger partial charge in [-0.15, -0.1) is 0 Å². The topological polar surface area (TPSA) is 361 Å². The minimum Gasteiger partial charge on any atom is -0.388 e. The number of phosphoric acid groups is 2. The molecule has 4 aromatic rings. The van der Waals surface area contributed by atoms with Crippen LogP contribution in [0.4, 0.5) is 11.9 Å². The number of anilines is 2. The summed E-state index contributed by atoms with van der Waals surface area (Å²) < 4.78 is 53.2. The van der Waals surface area contributed by atoms with Gasteiger partial charge < -0.3 is 45.8 Å². The van der Waals surface area contributed by atoms with Crippen molar-refractivity contribution in [2.24, 2.45) is 5.92 Å². The van der Waals surface area contributed by atoms with Crippen molar-refractivity contribution >= 4 is 49.9 Å². The molecule has 47 heavy (non-hydrogen) atoms. The summed E-state index contributed by atoms with van der Waals surface area (Å²) in [5, 5.41) is 22.0. The van der Waals surface area contributed by atoms with Gasteiger partial charge in [-0.25, -0.2) is 19.1 Å². The minimum atomic E-state index is -5.14. The van der Waals surface area contributed by atoms with Gasteiger partial charge in [0.05, 0.1) is 32.0 Å². The molecule has 0 spiro atoms. The first-order valence-corrected chi connectivity index (χ1v) is 16.5. The van der Waals surface area contributed by atoms with Gasteiger partial charge in [0.25, 0.3) is 11.1 Å². The van der Waals surface area contributed by atoms with Gasteiger partial charge in [-0.2, -0.15) is 9.97 Å². The molecular formula is C21H28N10O14P2. The van der Waals surface area contributed by atoms with Crippen LogP contribution in [0.5, 0.6) is 0 Å². The van der Waals surface area contributed by atoms with Crippen molar-refractivity contribution in [2.75, 3.05) is 24.7 Å². The van der Waals surface area contributed by atoms with Crippen LogP contribution in [0.2, 0.25) is 0 Å². The lowest BCUT2D eigenvalue weighted by Gasteiger charge is -2.24. The third-order valence-corrected chi connectivity index (χ3v) is 9.03. The van der Waals surface area contributed by atoms with E-state index in [-0.39, 0.29) is 34.2 Å². The average molecular weight is 706 g/mol. The molecule has 0 amide bonds. The van der Waals surface area contributed by atoms with E-state index in [1.807, 2.05) is 0 Å². The Bertz CT molecular complexity index is 2030. The Hall–Kier alpha value is -3.64. The molecule has 6 rings (SSSR count). The number of imidazole rings is 2. The summed E-state index contributed by atoms with van der Waals surface area (Å²) in [4.78, 5) is 73.8. The maximum atomic E-state index is 13.1. The molecule has 2 aliphatic rings. The number of nitrogens with one attached hydrogen (secondary N) is 2.